The number of nitrogens with zero attached hydrogens (tertiary/aromatic N) is 1. The fraction of sp³-hybridized carbons (Fsp3) is 0.286. The van der Waals surface area contributed by atoms with Crippen molar-refractivity contribution in [3.05, 3.63) is 39.6 Å². The maximum absolute atomic E-state index is 12.2. The van der Waals surface area contributed by atoms with Gasteiger partial charge in [0, 0.05) is 10.2 Å². The van der Waals surface area contributed by atoms with Crippen LogP contribution in [0.3, 0.4) is 0 Å². The summed E-state index contributed by atoms with van der Waals surface area (Å²) >= 11 is 3.40. The zero-order chi connectivity index (χ0) is 14.7. The second-order valence-corrected chi connectivity index (χ2v) is 5.60. The summed E-state index contributed by atoms with van der Waals surface area (Å²) in [6, 6.07) is 5.69. The van der Waals surface area contributed by atoms with Gasteiger partial charge >= 0.3 is 0 Å². The standard InChI is InChI=1S/C14H17BrN4O/c1-3-4-11-12(16)13(19-18-11)14(20)17-10-6-8(2)5-9(15)7-10/h5-7H,3-4,16H2,1-2H3,(H,17,20)(H,18,19). The molecule has 5 nitrogen and oxygen atoms in total. The monoisotopic (exact) mass is 336 g/mol. The lowest BCUT2D eigenvalue weighted by Gasteiger charge is -2.06. The molecule has 0 spiro atoms. The van der Waals surface area contributed by atoms with Gasteiger partial charge in [0.2, 0.25) is 0 Å². The van der Waals surface area contributed by atoms with E-state index >= 15 is 0 Å². The highest BCUT2D eigenvalue weighted by Crippen LogP contribution is 2.21. The first-order valence-corrected chi connectivity index (χ1v) is 7.21. The summed E-state index contributed by atoms with van der Waals surface area (Å²) in [7, 11) is 0. The predicted octanol–water partition coefficient (Wildman–Crippen LogP) is 3.27. The number of H-pyrrole nitrogens is 1. The number of carbonyl (C=O) groups is 1. The molecule has 0 saturated carbocycles. The van der Waals surface area contributed by atoms with Crippen molar-refractivity contribution in [2.45, 2.75) is 26.7 Å². The topological polar surface area (TPSA) is 83.8 Å². The summed E-state index contributed by atoms with van der Waals surface area (Å²) in [6.45, 7) is 4.01. The van der Waals surface area contributed by atoms with Crippen LogP contribution in [0.5, 0.6) is 0 Å². The molecule has 0 unspecified atom stereocenters. The molecule has 1 heterocycles. The number of aromatic amines is 1. The first kappa shape index (κ1) is 14.6. The van der Waals surface area contributed by atoms with Crippen LogP contribution in [0.15, 0.2) is 22.7 Å². The molecule has 0 aliphatic heterocycles. The van der Waals surface area contributed by atoms with Crippen LogP contribution in [0, 0.1) is 6.92 Å². The maximum Gasteiger partial charge on any atom is 0.278 e. The van der Waals surface area contributed by atoms with Crippen LogP contribution >= 0.6 is 15.9 Å². The third kappa shape index (κ3) is 3.19. The molecular weight excluding hydrogens is 320 g/mol. The summed E-state index contributed by atoms with van der Waals surface area (Å²) in [4.78, 5) is 12.2. The molecule has 0 saturated heterocycles. The Morgan fingerprint density at radius 2 is 2.20 bits per heavy atom. The number of hydrogen-bond acceptors (Lipinski definition) is 3. The zero-order valence-electron chi connectivity index (χ0n) is 11.5. The van der Waals surface area contributed by atoms with E-state index in [1.54, 1.807) is 0 Å². The molecule has 4 N–H and O–H groups in total. The number of nitrogens with one attached hydrogen (secondary N) is 2. The lowest BCUT2D eigenvalue weighted by molar-refractivity contribution is 0.102. The van der Waals surface area contributed by atoms with Crippen molar-refractivity contribution in [2.24, 2.45) is 0 Å². The van der Waals surface area contributed by atoms with Gasteiger partial charge in [0.05, 0.1) is 11.4 Å². The van der Waals surface area contributed by atoms with Gasteiger partial charge in [-0.05, 0) is 37.1 Å². The van der Waals surface area contributed by atoms with E-state index in [0.29, 0.717) is 11.4 Å². The van der Waals surface area contributed by atoms with Crippen LogP contribution in [0.4, 0.5) is 11.4 Å². The highest BCUT2D eigenvalue weighted by molar-refractivity contribution is 9.10. The van der Waals surface area contributed by atoms with Crippen LogP contribution in [-0.4, -0.2) is 16.1 Å². The summed E-state index contributed by atoms with van der Waals surface area (Å²) in [5, 5.41) is 9.63. The maximum atomic E-state index is 12.2. The van der Waals surface area contributed by atoms with Gasteiger partial charge in [0.25, 0.3) is 5.91 Å². The first-order chi connectivity index (χ1) is 9.51. The Morgan fingerprint density at radius 3 is 2.85 bits per heavy atom. The fourth-order valence-electron chi connectivity index (χ4n) is 2.00. The zero-order valence-corrected chi connectivity index (χ0v) is 13.0. The number of anilines is 2. The molecular formula is C14H17BrN4O. The predicted molar refractivity (Wildman–Crippen MR) is 83.8 cm³/mol. The van der Waals surface area contributed by atoms with Gasteiger partial charge in [-0.15, -0.1) is 0 Å². The van der Waals surface area contributed by atoms with Crippen molar-refractivity contribution in [2.75, 3.05) is 11.1 Å². The highest BCUT2D eigenvalue weighted by Gasteiger charge is 2.17. The van der Waals surface area contributed by atoms with E-state index in [9.17, 15) is 4.79 Å². The lowest BCUT2D eigenvalue weighted by atomic mass is 10.2. The Bertz CT molecular complexity index is 616. The number of nitrogens with two attached hydrogens (primary N) is 1. The van der Waals surface area contributed by atoms with Crippen molar-refractivity contribution >= 4 is 33.2 Å². The molecule has 0 fully saturated rings. The molecule has 0 radical (unpaired) electrons. The molecule has 0 aliphatic rings. The van der Waals surface area contributed by atoms with Crippen LogP contribution in [-0.2, 0) is 6.42 Å². The average Bonchev–Trinajstić information content (AvgIpc) is 2.70. The largest absolute Gasteiger partial charge is 0.395 e. The molecule has 0 bridgehead atoms. The third-order valence-corrected chi connectivity index (χ3v) is 3.36. The number of hydrogen-bond donors (Lipinski definition) is 3. The van der Waals surface area contributed by atoms with Crippen molar-refractivity contribution in [3.63, 3.8) is 0 Å². The van der Waals surface area contributed by atoms with Gasteiger partial charge in [-0.3, -0.25) is 9.89 Å². The molecule has 106 valence electrons. The van der Waals surface area contributed by atoms with Crippen molar-refractivity contribution in [1.82, 2.24) is 10.2 Å². The summed E-state index contributed by atoms with van der Waals surface area (Å²) in [5.41, 5.74) is 9.18. The number of rotatable bonds is 4. The number of nitrogen functional groups attached to an aromatic ring is 1. The summed E-state index contributed by atoms with van der Waals surface area (Å²) in [5.74, 6) is -0.307. The summed E-state index contributed by atoms with van der Waals surface area (Å²) in [6.07, 6.45) is 1.72. The number of aryl methyl sites for hydroxylation is 2. The molecule has 0 aliphatic carbocycles. The van der Waals surface area contributed by atoms with Gasteiger partial charge in [-0.1, -0.05) is 29.3 Å². The normalized spacial score (nSPS) is 10.6. The second kappa shape index (κ2) is 6.09. The quantitative estimate of drug-likeness (QED) is 0.801. The average molecular weight is 337 g/mol. The van der Waals surface area contributed by atoms with Gasteiger partial charge in [0.1, 0.15) is 0 Å². The Morgan fingerprint density at radius 1 is 1.45 bits per heavy atom. The van der Waals surface area contributed by atoms with Crippen molar-refractivity contribution in [3.8, 4) is 0 Å². The fourth-order valence-corrected chi connectivity index (χ4v) is 2.61. The van der Waals surface area contributed by atoms with Crippen LogP contribution < -0.4 is 11.1 Å². The van der Waals surface area contributed by atoms with E-state index in [2.05, 4.69) is 31.4 Å². The highest BCUT2D eigenvalue weighted by atomic mass is 79.9. The van der Waals surface area contributed by atoms with Gasteiger partial charge in [0.15, 0.2) is 5.69 Å². The number of aromatic nitrogens is 2. The minimum absolute atomic E-state index is 0.242. The minimum Gasteiger partial charge on any atom is -0.395 e. The third-order valence-electron chi connectivity index (χ3n) is 2.90. The number of carbonyl (C=O) groups excluding carboxylic acids is 1. The van der Waals surface area contributed by atoms with E-state index in [-0.39, 0.29) is 11.6 Å². The number of amides is 1. The molecule has 1 aromatic heterocycles. The molecule has 6 heteroatoms. The molecule has 20 heavy (non-hydrogen) atoms. The Labute approximate surface area is 126 Å². The number of halogens is 1. The van der Waals surface area contributed by atoms with Gasteiger partial charge in [-0.2, -0.15) is 5.10 Å². The SMILES string of the molecule is CCCc1[nH]nc(C(=O)Nc2cc(C)cc(Br)c2)c1N. The van der Waals surface area contributed by atoms with Gasteiger partial charge in [-0.25, -0.2) is 0 Å². The van der Waals surface area contributed by atoms with E-state index < -0.39 is 0 Å². The van der Waals surface area contributed by atoms with Gasteiger partial charge < -0.3 is 11.1 Å². The van der Waals surface area contributed by atoms with E-state index in [0.717, 1.165) is 28.6 Å². The Kier molecular flexibility index (Phi) is 4.44. The van der Waals surface area contributed by atoms with Crippen LogP contribution in [0.25, 0.3) is 0 Å². The second-order valence-electron chi connectivity index (χ2n) is 4.69. The van der Waals surface area contributed by atoms with Crippen molar-refractivity contribution in [1.29, 1.82) is 0 Å². The summed E-state index contributed by atoms with van der Waals surface area (Å²) < 4.78 is 0.912. The first-order valence-electron chi connectivity index (χ1n) is 6.42. The van der Waals surface area contributed by atoms with Crippen LogP contribution in [0.2, 0.25) is 0 Å². The number of benzene rings is 1. The Balaban J connectivity index is 2.19. The van der Waals surface area contributed by atoms with Crippen LogP contribution in [0.1, 0.15) is 35.1 Å². The van der Waals surface area contributed by atoms with Crippen molar-refractivity contribution < 1.29 is 4.79 Å². The molecule has 2 rings (SSSR count). The molecule has 1 aromatic carbocycles. The molecule has 0 atom stereocenters. The van der Waals surface area contributed by atoms with E-state index in [1.807, 2.05) is 32.0 Å². The molecule has 2 aromatic rings. The minimum atomic E-state index is -0.307. The molecule has 1 amide bonds. The smallest absolute Gasteiger partial charge is 0.278 e. The lowest BCUT2D eigenvalue weighted by Crippen LogP contribution is -2.14. The van der Waals surface area contributed by atoms with E-state index in [1.165, 1.54) is 0 Å². The Hall–Kier alpha value is -1.82. The van der Waals surface area contributed by atoms with E-state index in [4.69, 9.17) is 5.73 Å².